The lowest BCUT2D eigenvalue weighted by Crippen LogP contribution is -2.26. The number of aryl methyl sites for hydroxylation is 2. The highest BCUT2D eigenvalue weighted by Gasteiger charge is 2.15. The van der Waals surface area contributed by atoms with Gasteiger partial charge in [-0.15, -0.1) is 0 Å². The Kier molecular flexibility index (Phi) is 5.20. The Bertz CT molecular complexity index is 1010. The standard InChI is InChI=1S/C19H19FN2O3S/c1-13-4-3-5-17(12-13)26(23,24)21-11-10-18-14(2)25-19(22-18)15-6-8-16(20)9-7-15/h3-9,12,21H,10-11H2,1-2H3. The van der Waals surface area contributed by atoms with Gasteiger partial charge in [0.1, 0.15) is 11.6 Å². The highest BCUT2D eigenvalue weighted by atomic mass is 32.2. The first-order valence-corrected chi connectivity index (χ1v) is 9.62. The largest absolute Gasteiger partial charge is 0.441 e. The second kappa shape index (κ2) is 7.39. The molecule has 0 radical (unpaired) electrons. The van der Waals surface area contributed by atoms with Gasteiger partial charge in [0, 0.05) is 18.5 Å². The fourth-order valence-corrected chi connectivity index (χ4v) is 3.68. The van der Waals surface area contributed by atoms with Crippen LogP contribution in [0, 0.1) is 19.7 Å². The lowest BCUT2D eigenvalue weighted by atomic mass is 10.2. The molecule has 1 N–H and O–H groups in total. The van der Waals surface area contributed by atoms with E-state index in [-0.39, 0.29) is 17.3 Å². The number of aromatic nitrogens is 1. The van der Waals surface area contributed by atoms with E-state index in [9.17, 15) is 12.8 Å². The summed E-state index contributed by atoms with van der Waals surface area (Å²) in [6, 6.07) is 12.6. The first-order valence-electron chi connectivity index (χ1n) is 8.14. The number of sulfonamides is 1. The number of halogens is 1. The van der Waals surface area contributed by atoms with E-state index in [2.05, 4.69) is 9.71 Å². The summed E-state index contributed by atoms with van der Waals surface area (Å²) < 4.78 is 45.9. The summed E-state index contributed by atoms with van der Waals surface area (Å²) in [6.45, 7) is 3.81. The average Bonchev–Trinajstić information content (AvgIpc) is 2.96. The van der Waals surface area contributed by atoms with Gasteiger partial charge in [-0.1, -0.05) is 12.1 Å². The Morgan fingerprint density at radius 2 is 1.85 bits per heavy atom. The third kappa shape index (κ3) is 4.17. The van der Waals surface area contributed by atoms with Crippen LogP contribution in [-0.2, 0) is 16.4 Å². The molecule has 0 amide bonds. The van der Waals surface area contributed by atoms with Crippen molar-refractivity contribution in [2.75, 3.05) is 6.54 Å². The van der Waals surface area contributed by atoms with Crippen molar-refractivity contribution >= 4 is 10.0 Å². The molecule has 0 unspecified atom stereocenters. The fourth-order valence-electron chi connectivity index (χ4n) is 2.55. The Morgan fingerprint density at radius 1 is 1.12 bits per heavy atom. The molecule has 5 nitrogen and oxygen atoms in total. The molecule has 26 heavy (non-hydrogen) atoms. The van der Waals surface area contributed by atoms with Crippen LogP contribution in [0.1, 0.15) is 17.0 Å². The molecule has 2 aromatic carbocycles. The van der Waals surface area contributed by atoms with E-state index < -0.39 is 10.0 Å². The molecular formula is C19H19FN2O3S. The van der Waals surface area contributed by atoms with Crippen molar-refractivity contribution in [2.24, 2.45) is 0 Å². The maximum Gasteiger partial charge on any atom is 0.240 e. The summed E-state index contributed by atoms with van der Waals surface area (Å²) in [6.07, 6.45) is 0.390. The number of nitrogens with zero attached hydrogens (tertiary/aromatic N) is 1. The van der Waals surface area contributed by atoms with Crippen molar-refractivity contribution in [1.29, 1.82) is 0 Å². The molecular weight excluding hydrogens is 355 g/mol. The van der Waals surface area contributed by atoms with Crippen LogP contribution in [0.25, 0.3) is 11.5 Å². The van der Waals surface area contributed by atoms with Gasteiger partial charge in [-0.3, -0.25) is 0 Å². The summed E-state index contributed by atoms with van der Waals surface area (Å²) in [5, 5.41) is 0. The molecule has 0 saturated heterocycles. The number of rotatable bonds is 6. The molecule has 0 saturated carbocycles. The molecule has 1 heterocycles. The minimum absolute atomic E-state index is 0.201. The third-order valence-corrected chi connectivity index (χ3v) is 5.40. The second-order valence-electron chi connectivity index (χ2n) is 5.99. The molecule has 136 valence electrons. The number of oxazole rings is 1. The van der Waals surface area contributed by atoms with Gasteiger partial charge in [-0.2, -0.15) is 0 Å². The number of benzene rings is 2. The van der Waals surface area contributed by atoms with Gasteiger partial charge in [0.2, 0.25) is 15.9 Å². The molecule has 0 aliphatic rings. The van der Waals surface area contributed by atoms with E-state index in [1.54, 1.807) is 37.3 Å². The van der Waals surface area contributed by atoms with Crippen LogP contribution in [0.3, 0.4) is 0 Å². The summed E-state index contributed by atoms with van der Waals surface area (Å²) in [5.74, 6) is 0.668. The molecule has 3 aromatic rings. The van der Waals surface area contributed by atoms with Crippen LogP contribution in [0.4, 0.5) is 4.39 Å². The molecule has 7 heteroatoms. The van der Waals surface area contributed by atoms with Crippen LogP contribution in [-0.4, -0.2) is 19.9 Å². The van der Waals surface area contributed by atoms with Gasteiger partial charge in [-0.05, 0) is 55.8 Å². The predicted molar refractivity (Wildman–Crippen MR) is 96.7 cm³/mol. The van der Waals surface area contributed by atoms with Crippen LogP contribution in [0.2, 0.25) is 0 Å². The van der Waals surface area contributed by atoms with Gasteiger partial charge in [0.15, 0.2) is 0 Å². The minimum atomic E-state index is -3.57. The second-order valence-corrected chi connectivity index (χ2v) is 7.76. The highest BCUT2D eigenvalue weighted by molar-refractivity contribution is 7.89. The van der Waals surface area contributed by atoms with Crippen LogP contribution >= 0.6 is 0 Å². The van der Waals surface area contributed by atoms with E-state index in [0.717, 1.165) is 5.56 Å². The molecule has 0 aliphatic carbocycles. The topological polar surface area (TPSA) is 72.2 Å². The van der Waals surface area contributed by atoms with Crippen LogP contribution in [0.5, 0.6) is 0 Å². The van der Waals surface area contributed by atoms with Gasteiger partial charge in [-0.25, -0.2) is 22.5 Å². The SMILES string of the molecule is Cc1cccc(S(=O)(=O)NCCc2nc(-c3ccc(F)cc3)oc2C)c1. The van der Waals surface area contributed by atoms with E-state index in [1.807, 2.05) is 13.0 Å². The number of hydrogen-bond acceptors (Lipinski definition) is 4. The van der Waals surface area contributed by atoms with Crippen LogP contribution in [0.15, 0.2) is 57.8 Å². The molecule has 0 atom stereocenters. The Balaban J connectivity index is 1.68. The normalized spacial score (nSPS) is 11.7. The first kappa shape index (κ1) is 18.3. The highest BCUT2D eigenvalue weighted by Crippen LogP contribution is 2.22. The van der Waals surface area contributed by atoms with Crippen LogP contribution < -0.4 is 4.72 Å². The van der Waals surface area contributed by atoms with Crippen molar-refractivity contribution in [3.8, 4) is 11.5 Å². The molecule has 0 spiro atoms. The minimum Gasteiger partial charge on any atom is -0.441 e. The quantitative estimate of drug-likeness (QED) is 0.715. The smallest absolute Gasteiger partial charge is 0.240 e. The Labute approximate surface area is 151 Å². The van der Waals surface area contributed by atoms with E-state index in [1.165, 1.54) is 12.1 Å². The Hall–Kier alpha value is -2.51. The fraction of sp³-hybridized carbons (Fsp3) is 0.211. The van der Waals surface area contributed by atoms with E-state index in [4.69, 9.17) is 4.42 Å². The van der Waals surface area contributed by atoms with Crippen molar-refractivity contribution < 1.29 is 17.2 Å². The van der Waals surface area contributed by atoms with Crippen molar-refractivity contribution in [3.05, 3.63) is 71.4 Å². The number of nitrogens with one attached hydrogen (secondary N) is 1. The molecule has 0 fully saturated rings. The van der Waals surface area contributed by atoms with Gasteiger partial charge in [0.05, 0.1) is 10.6 Å². The van der Waals surface area contributed by atoms with E-state index in [0.29, 0.717) is 29.3 Å². The van der Waals surface area contributed by atoms with Crippen molar-refractivity contribution in [1.82, 2.24) is 9.71 Å². The van der Waals surface area contributed by atoms with Crippen molar-refractivity contribution in [3.63, 3.8) is 0 Å². The molecule has 0 aliphatic heterocycles. The molecule has 3 rings (SSSR count). The zero-order chi connectivity index (χ0) is 18.7. The summed E-state index contributed by atoms with van der Waals surface area (Å²) in [5.41, 5.74) is 2.21. The average molecular weight is 374 g/mol. The van der Waals surface area contributed by atoms with Crippen molar-refractivity contribution in [2.45, 2.75) is 25.2 Å². The third-order valence-electron chi connectivity index (χ3n) is 3.94. The molecule has 1 aromatic heterocycles. The number of hydrogen-bond donors (Lipinski definition) is 1. The summed E-state index contributed by atoms with van der Waals surface area (Å²) in [7, 11) is -3.57. The predicted octanol–water partition coefficient (Wildman–Crippen LogP) is 3.62. The lowest BCUT2D eigenvalue weighted by molar-refractivity contribution is 0.538. The van der Waals surface area contributed by atoms with Gasteiger partial charge in [0.25, 0.3) is 0 Å². The molecule has 0 bridgehead atoms. The maximum atomic E-state index is 13.0. The summed E-state index contributed by atoms with van der Waals surface area (Å²) in [4.78, 5) is 4.63. The monoisotopic (exact) mass is 374 g/mol. The zero-order valence-electron chi connectivity index (χ0n) is 14.5. The zero-order valence-corrected chi connectivity index (χ0v) is 15.3. The Morgan fingerprint density at radius 3 is 2.54 bits per heavy atom. The maximum absolute atomic E-state index is 13.0. The van der Waals surface area contributed by atoms with Gasteiger partial charge < -0.3 is 4.42 Å². The lowest BCUT2D eigenvalue weighted by Gasteiger charge is -2.06. The van der Waals surface area contributed by atoms with E-state index >= 15 is 0 Å². The first-order chi connectivity index (χ1) is 12.3. The van der Waals surface area contributed by atoms with Gasteiger partial charge >= 0.3 is 0 Å². The summed E-state index contributed by atoms with van der Waals surface area (Å²) >= 11 is 0.